The molecule has 78 valence electrons. The van der Waals surface area contributed by atoms with Crippen molar-refractivity contribution >= 4 is 5.91 Å². The van der Waals surface area contributed by atoms with Gasteiger partial charge in [0.2, 0.25) is 5.91 Å². The molecule has 0 saturated carbocycles. The van der Waals surface area contributed by atoms with Crippen LogP contribution in [0, 0.1) is 5.92 Å². The van der Waals surface area contributed by atoms with Gasteiger partial charge < -0.3 is 15.2 Å². The highest BCUT2D eigenvalue weighted by Gasteiger charge is 2.11. The summed E-state index contributed by atoms with van der Waals surface area (Å²) >= 11 is 0. The number of carbonyl (C=O) groups excluding carboxylic acids is 1. The van der Waals surface area contributed by atoms with Crippen LogP contribution in [-0.2, 0) is 11.3 Å². The van der Waals surface area contributed by atoms with E-state index in [0.29, 0.717) is 13.1 Å². The molecule has 1 unspecified atom stereocenters. The molecule has 0 aliphatic carbocycles. The highest BCUT2D eigenvalue weighted by Crippen LogP contribution is 1.96. The summed E-state index contributed by atoms with van der Waals surface area (Å²) in [6.45, 7) is 2.96. The molecule has 0 bridgehead atoms. The number of rotatable bonds is 5. The van der Waals surface area contributed by atoms with Gasteiger partial charge in [0.25, 0.3) is 0 Å². The van der Waals surface area contributed by atoms with Gasteiger partial charge in [0.1, 0.15) is 12.0 Å². The average Bonchev–Trinajstić information content (AvgIpc) is 2.67. The van der Waals surface area contributed by atoms with Gasteiger partial charge in [-0.2, -0.15) is 0 Å². The molecule has 0 aliphatic rings. The summed E-state index contributed by atoms with van der Waals surface area (Å²) in [5, 5.41) is 9.40. The second-order valence-corrected chi connectivity index (χ2v) is 3.17. The van der Waals surface area contributed by atoms with Crippen LogP contribution in [0.15, 0.2) is 16.9 Å². The highest BCUT2D eigenvalue weighted by atomic mass is 16.5. The van der Waals surface area contributed by atoms with Crippen LogP contribution in [0.25, 0.3) is 0 Å². The Balaban J connectivity index is 2.27. The Morgan fingerprint density at radius 1 is 1.71 bits per heavy atom. The largest absolute Gasteiger partial charge is 0.364 e. The fraction of sp³-hybridized carbons (Fsp3) is 0.556. The van der Waals surface area contributed by atoms with Crippen molar-refractivity contribution in [2.75, 3.05) is 13.6 Å². The summed E-state index contributed by atoms with van der Waals surface area (Å²) < 4.78 is 4.64. The van der Waals surface area contributed by atoms with E-state index in [0.717, 1.165) is 5.69 Å². The number of amides is 1. The molecular formula is C9H15N3O2. The van der Waals surface area contributed by atoms with Crippen LogP contribution in [0.5, 0.6) is 0 Å². The zero-order valence-electron chi connectivity index (χ0n) is 8.41. The summed E-state index contributed by atoms with van der Waals surface area (Å²) in [6.07, 6.45) is 1.48. The zero-order chi connectivity index (χ0) is 10.4. The van der Waals surface area contributed by atoms with Crippen LogP contribution in [0.3, 0.4) is 0 Å². The molecule has 2 N–H and O–H groups in total. The van der Waals surface area contributed by atoms with Gasteiger partial charge in [-0.3, -0.25) is 4.79 Å². The monoisotopic (exact) mass is 197 g/mol. The van der Waals surface area contributed by atoms with Gasteiger partial charge in [0, 0.05) is 18.5 Å². The first kappa shape index (κ1) is 10.7. The van der Waals surface area contributed by atoms with Gasteiger partial charge in [-0.1, -0.05) is 12.1 Å². The van der Waals surface area contributed by atoms with Crippen LogP contribution in [-0.4, -0.2) is 24.7 Å². The van der Waals surface area contributed by atoms with E-state index in [1.165, 1.54) is 6.26 Å². The standard InChI is InChI=1S/C9H15N3O2/c1-7(5-10-2)9(13)11-6-8-3-4-14-12-8/h3-4,7,10H,5-6H2,1-2H3,(H,11,13). The lowest BCUT2D eigenvalue weighted by molar-refractivity contribution is -0.124. The van der Waals surface area contributed by atoms with Gasteiger partial charge >= 0.3 is 0 Å². The minimum Gasteiger partial charge on any atom is -0.364 e. The fourth-order valence-electron chi connectivity index (χ4n) is 1.08. The fourth-order valence-corrected chi connectivity index (χ4v) is 1.08. The predicted molar refractivity (Wildman–Crippen MR) is 51.4 cm³/mol. The first-order valence-electron chi connectivity index (χ1n) is 4.55. The van der Waals surface area contributed by atoms with E-state index in [1.54, 1.807) is 6.07 Å². The SMILES string of the molecule is CNCC(C)C(=O)NCc1ccon1. The lowest BCUT2D eigenvalue weighted by Gasteiger charge is -2.09. The Hall–Kier alpha value is -1.36. The molecule has 1 aromatic rings. The summed E-state index contributed by atoms with van der Waals surface area (Å²) in [6, 6.07) is 1.73. The van der Waals surface area contributed by atoms with E-state index in [-0.39, 0.29) is 11.8 Å². The van der Waals surface area contributed by atoms with Crippen molar-refractivity contribution in [3.8, 4) is 0 Å². The maximum Gasteiger partial charge on any atom is 0.224 e. The molecule has 14 heavy (non-hydrogen) atoms. The van der Waals surface area contributed by atoms with Crippen LogP contribution in [0.4, 0.5) is 0 Å². The minimum atomic E-state index is -0.0353. The molecule has 1 amide bonds. The third-order valence-corrected chi connectivity index (χ3v) is 1.89. The van der Waals surface area contributed by atoms with E-state index in [1.807, 2.05) is 14.0 Å². The quantitative estimate of drug-likeness (QED) is 0.705. The van der Waals surface area contributed by atoms with Crippen molar-refractivity contribution in [1.82, 2.24) is 15.8 Å². The highest BCUT2D eigenvalue weighted by molar-refractivity contribution is 5.78. The van der Waals surface area contributed by atoms with E-state index >= 15 is 0 Å². The molecule has 5 heteroatoms. The predicted octanol–water partition coefficient (Wildman–Crippen LogP) is 0.146. The molecule has 0 fully saturated rings. The van der Waals surface area contributed by atoms with Gasteiger partial charge in [-0.15, -0.1) is 0 Å². The Bertz CT molecular complexity index is 272. The average molecular weight is 197 g/mol. The van der Waals surface area contributed by atoms with E-state index in [4.69, 9.17) is 0 Å². The smallest absolute Gasteiger partial charge is 0.224 e. The number of carbonyl (C=O) groups is 1. The third kappa shape index (κ3) is 3.18. The number of hydrogen-bond acceptors (Lipinski definition) is 4. The van der Waals surface area contributed by atoms with Crippen LogP contribution < -0.4 is 10.6 Å². The maximum atomic E-state index is 11.4. The van der Waals surface area contributed by atoms with Crippen LogP contribution in [0.1, 0.15) is 12.6 Å². The maximum absolute atomic E-state index is 11.4. The Kier molecular flexibility index (Phi) is 4.12. The first-order chi connectivity index (χ1) is 6.74. The van der Waals surface area contributed by atoms with Crippen molar-refractivity contribution < 1.29 is 9.32 Å². The first-order valence-corrected chi connectivity index (χ1v) is 4.55. The Morgan fingerprint density at radius 2 is 2.50 bits per heavy atom. The second-order valence-electron chi connectivity index (χ2n) is 3.17. The number of nitrogens with one attached hydrogen (secondary N) is 2. The van der Waals surface area contributed by atoms with Crippen LogP contribution >= 0.6 is 0 Å². The summed E-state index contributed by atoms with van der Waals surface area (Å²) in [7, 11) is 1.82. The number of aromatic nitrogens is 1. The van der Waals surface area contributed by atoms with Crippen molar-refractivity contribution in [3.05, 3.63) is 18.0 Å². The molecule has 1 aromatic heterocycles. The molecule has 1 atom stereocenters. The van der Waals surface area contributed by atoms with Crippen molar-refractivity contribution in [2.24, 2.45) is 5.92 Å². The van der Waals surface area contributed by atoms with Gasteiger partial charge in [-0.25, -0.2) is 0 Å². The lowest BCUT2D eigenvalue weighted by Crippen LogP contribution is -2.33. The molecule has 0 aromatic carbocycles. The summed E-state index contributed by atoms with van der Waals surface area (Å²) in [4.78, 5) is 11.4. The zero-order valence-corrected chi connectivity index (χ0v) is 8.41. The van der Waals surface area contributed by atoms with Crippen LogP contribution in [0.2, 0.25) is 0 Å². The number of hydrogen-bond donors (Lipinski definition) is 2. The molecule has 0 aliphatic heterocycles. The van der Waals surface area contributed by atoms with Crippen molar-refractivity contribution in [3.63, 3.8) is 0 Å². The number of nitrogens with zero attached hydrogens (tertiary/aromatic N) is 1. The molecule has 0 radical (unpaired) electrons. The lowest BCUT2D eigenvalue weighted by atomic mass is 10.1. The van der Waals surface area contributed by atoms with Gasteiger partial charge in [0.05, 0.1) is 6.54 Å². The molecule has 0 saturated heterocycles. The van der Waals surface area contributed by atoms with E-state index in [9.17, 15) is 4.79 Å². The normalized spacial score (nSPS) is 12.4. The molecular weight excluding hydrogens is 182 g/mol. The van der Waals surface area contributed by atoms with Crippen molar-refractivity contribution in [2.45, 2.75) is 13.5 Å². The molecule has 5 nitrogen and oxygen atoms in total. The molecule has 1 heterocycles. The topological polar surface area (TPSA) is 67.2 Å². The van der Waals surface area contributed by atoms with E-state index in [2.05, 4.69) is 20.3 Å². The van der Waals surface area contributed by atoms with Gasteiger partial charge in [-0.05, 0) is 7.05 Å². The Labute approximate surface area is 82.8 Å². The van der Waals surface area contributed by atoms with E-state index < -0.39 is 0 Å². The Morgan fingerprint density at radius 3 is 3.07 bits per heavy atom. The van der Waals surface area contributed by atoms with Crippen molar-refractivity contribution in [1.29, 1.82) is 0 Å². The van der Waals surface area contributed by atoms with Gasteiger partial charge in [0.15, 0.2) is 0 Å². The summed E-state index contributed by atoms with van der Waals surface area (Å²) in [5.41, 5.74) is 0.731. The third-order valence-electron chi connectivity index (χ3n) is 1.89. The summed E-state index contributed by atoms with van der Waals surface area (Å²) in [5.74, 6) is -0.0192. The molecule has 1 rings (SSSR count). The second kappa shape index (κ2) is 5.39. The minimum absolute atomic E-state index is 0.0161. The molecule has 0 spiro atoms.